The molecule has 4 aromatic rings. The fourth-order valence-corrected chi connectivity index (χ4v) is 4.95. The molecular weight excluding hydrogens is 519 g/mol. The molecule has 1 fully saturated rings. The number of hydrogen-bond donors (Lipinski definition) is 2. The number of carbonyl (C=O) groups excluding carboxylic acids is 2. The molecule has 1 atom stereocenters. The fourth-order valence-electron chi connectivity index (χ4n) is 4.74. The second-order valence-corrected chi connectivity index (χ2v) is 10.0. The van der Waals surface area contributed by atoms with Gasteiger partial charge in [0, 0.05) is 30.9 Å². The number of benzene rings is 2. The highest BCUT2D eigenvalue weighted by Gasteiger charge is 2.22. The standard InChI is InChI=1S/C29H28ClFN6O2/c1-36-14-6-7-19(18-36)17-33-29(39)25-16-26(37(35-25)21-8-3-2-4-9-21)34-28(38)22-15-20(11-12-23(22)30)27-24(31)10-5-13-32-27/h2-5,8-13,15-16,19H,6-7,14,17-18H2,1H3,(H,33,39)(H,34,38). The summed E-state index contributed by atoms with van der Waals surface area (Å²) in [4.78, 5) is 32.8. The number of piperidine rings is 1. The van der Waals surface area contributed by atoms with Gasteiger partial charge >= 0.3 is 0 Å². The lowest BCUT2D eigenvalue weighted by atomic mass is 9.98. The second kappa shape index (κ2) is 11.8. The maximum atomic E-state index is 14.3. The monoisotopic (exact) mass is 546 g/mol. The number of likely N-dealkylation sites (tertiary alicyclic amines) is 1. The van der Waals surface area contributed by atoms with Crippen molar-refractivity contribution in [2.45, 2.75) is 12.8 Å². The van der Waals surface area contributed by atoms with Gasteiger partial charge in [0.15, 0.2) is 5.69 Å². The summed E-state index contributed by atoms with van der Waals surface area (Å²) in [5, 5.41) is 10.5. The van der Waals surface area contributed by atoms with E-state index in [4.69, 9.17) is 11.6 Å². The first kappa shape index (κ1) is 26.5. The maximum absolute atomic E-state index is 14.3. The van der Waals surface area contributed by atoms with E-state index in [-0.39, 0.29) is 27.9 Å². The SMILES string of the molecule is CN1CCCC(CNC(=O)c2cc(NC(=O)c3cc(-c4ncccc4F)ccc3Cl)n(-c3ccccc3)n2)C1. The van der Waals surface area contributed by atoms with Crippen LogP contribution in [-0.4, -0.2) is 58.2 Å². The van der Waals surface area contributed by atoms with Crippen molar-refractivity contribution in [2.75, 3.05) is 32.0 Å². The highest BCUT2D eigenvalue weighted by atomic mass is 35.5. The number of pyridine rings is 1. The fraction of sp³-hybridized carbons (Fsp3) is 0.241. The minimum atomic E-state index is -0.535. The molecule has 2 aromatic carbocycles. The Kier molecular flexibility index (Phi) is 7.99. The van der Waals surface area contributed by atoms with Crippen molar-refractivity contribution in [3.8, 4) is 16.9 Å². The maximum Gasteiger partial charge on any atom is 0.271 e. The lowest BCUT2D eigenvalue weighted by Crippen LogP contribution is -2.39. The molecule has 2 aromatic heterocycles. The molecule has 0 radical (unpaired) electrons. The van der Waals surface area contributed by atoms with E-state index in [2.05, 4.69) is 32.7 Å². The Morgan fingerprint density at radius 3 is 2.67 bits per heavy atom. The van der Waals surface area contributed by atoms with Gasteiger partial charge in [-0.25, -0.2) is 9.07 Å². The van der Waals surface area contributed by atoms with Crippen LogP contribution >= 0.6 is 11.6 Å². The van der Waals surface area contributed by atoms with Crippen molar-refractivity contribution in [3.05, 3.63) is 95.0 Å². The number of para-hydroxylation sites is 1. The summed E-state index contributed by atoms with van der Waals surface area (Å²) in [6, 6.07) is 18.1. The Labute approximate surface area is 230 Å². The number of anilines is 1. The quantitative estimate of drug-likeness (QED) is 0.338. The van der Waals surface area contributed by atoms with Crippen LogP contribution in [0.4, 0.5) is 10.2 Å². The number of nitrogens with zero attached hydrogens (tertiary/aromatic N) is 4. The smallest absolute Gasteiger partial charge is 0.271 e. The average molecular weight is 547 g/mol. The molecule has 1 saturated heterocycles. The van der Waals surface area contributed by atoms with Crippen molar-refractivity contribution in [1.82, 2.24) is 25.0 Å². The zero-order chi connectivity index (χ0) is 27.4. The number of hydrogen-bond acceptors (Lipinski definition) is 5. The number of aromatic nitrogens is 3. The molecule has 0 saturated carbocycles. The molecule has 1 aliphatic heterocycles. The van der Waals surface area contributed by atoms with Crippen LogP contribution < -0.4 is 10.6 Å². The molecule has 10 heteroatoms. The minimum Gasteiger partial charge on any atom is -0.350 e. The topological polar surface area (TPSA) is 92.2 Å². The van der Waals surface area contributed by atoms with Gasteiger partial charge in [-0.2, -0.15) is 5.10 Å². The molecule has 0 spiro atoms. The van der Waals surface area contributed by atoms with Crippen LogP contribution in [0.15, 0.2) is 72.9 Å². The number of carbonyl (C=O) groups is 2. The van der Waals surface area contributed by atoms with Crippen LogP contribution in [0.25, 0.3) is 16.9 Å². The van der Waals surface area contributed by atoms with Gasteiger partial charge in [-0.1, -0.05) is 35.9 Å². The number of halogens is 2. The highest BCUT2D eigenvalue weighted by Crippen LogP contribution is 2.27. The lowest BCUT2D eigenvalue weighted by molar-refractivity contribution is 0.0930. The summed E-state index contributed by atoms with van der Waals surface area (Å²) in [6.07, 6.45) is 3.64. The molecular formula is C29H28ClFN6O2. The molecule has 2 amide bonds. The number of amides is 2. The van der Waals surface area contributed by atoms with Crippen LogP contribution in [0, 0.1) is 11.7 Å². The minimum absolute atomic E-state index is 0.112. The molecule has 0 bridgehead atoms. The summed E-state index contributed by atoms with van der Waals surface area (Å²) in [5.74, 6) is -0.698. The largest absolute Gasteiger partial charge is 0.350 e. The van der Waals surface area contributed by atoms with Gasteiger partial charge in [0.05, 0.1) is 16.3 Å². The Bertz CT molecular complexity index is 1490. The van der Waals surface area contributed by atoms with Crippen LogP contribution in [-0.2, 0) is 0 Å². The third-order valence-corrected chi connectivity index (χ3v) is 7.03. The van der Waals surface area contributed by atoms with Crippen LogP contribution in [0.3, 0.4) is 0 Å². The molecule has 200 valence electrons. The molecule has 2 N–H and O–H groups in total. The third kappa shape index (κ3) is 6.16. The van der Waals surface area contributed by atoms with Gasteiger partial charge in [-0.15, -0.1) is 0 Å². The molecule has 0 aliphatic carbocycles. The molecule has 1 aliphatic rings. The van der Waals surface area contributed by atoms with E-state index >= 15 is 0 Å². The predicted molar refractivity (Wildman–Crippen MR) is 149 cm³/mol. The number of nitrogens with one attached hydrogen (secondary N) is 2. The summed E-state index contributed by atoms with van der Waals surface area (Å²) in [5.41, 5.74) is 1.49. The average Bonchev–Trinajstić information content (AvgIpc) is 3.36. The van der Waals surface area contributed by atoms with Crippen molar-refractivity contribution in [1.29, 1.82) is 0 Å². The number of rotatable bonds is 7. The van der Waals surface area contributed by atoms with E-state index < -0.39 is 11.7 Å². The van der Waals surface area contributed by atoms with E-state index in [9.17, 15) is 14.0 Å². The van der Waals surface area contributed by atoms with Crippen molar-refractivity contribution in [3.63, 3.8) is 0 Å². The van der Waals surface area contributed by atoms with E-state index in [1.807, 2.05) is 30.3 Å². The summed E-state index contributed by atoms with van der Waals surface area (Å²) >= 11 is 6.36. The molecule has 3 heterocycles. The van der Waals surface area contributed by atoms with Gasteiger partial charge in [0.25, 0.3) is 11.8 Å². The highest BCUT2D eigenvalue weighted by molar-refractivity contribution is 6.34. The zero-order valence-electron chi connectivity index (χ0n) is 21.4. The van der Waals surface area contributed by atoms with E-state index in [1.54, 1.807) is 6.07 Å². The van der Waals surface area contributed by atoms with E-state index in [0.717, 1.165) is 25.9 Å². The Morgan fingerprint density at radius 2 is 1.90 bits per heavy atom. The summed E-state index contributed by atoms with van der Waals surface area (Å²) < 4.78 is 15.8. The molecule has 1 unspecified atom stereocenters. The zero-order valence-corrected chi connectivity index (χ0v) is 22.2. The van der Waals surface area contributed by atoms with Gasteiger partial charge in [-0.05, 0) is 68.8 Å². The lowest BCUT2D eigenvalue weighted by Gasteiger charge is -2.29. The summed E-state index contributed by atoms with van der Waals surface area (Å²) in [7, 11) is 2.08. The van der Waals surface area contributed by atoms with Crippen LogP contribution in [0.2, 0.25) is 5.02 Å². The van der Waals surface area contributed by atoms with Crippen molar-refractivity contribution >= 4 is 29.2 Å². The van der Waals surface area contributed by atoms with Gasteiger partial charge in [0.1, 0.15) is 17.3 Å². The normalized spacial score (nSPS) is 15.6. The first-order valence-corrected chi connectivity index (χ1v) is 13.1. The van der Waals surface area contributed by atoms with Gasteiger partial charge in [0.2, 0.25) is 0 Å². The molecule has 39 heavy (non-hydrogen) atoms. The molecule has 5 rings (SSSR count). The van der Waals surface area contributed by atoms with Crippen molar-refractivity contribution < 1.29 is 14.0 Å². The van der Waals surface area contributed by atoms with E-state index in [1.165, 1.54) is 41.2 Å². The van der Waals surface area contributed by atoms with Crippen LogP contribution in [0.5, 0.6) is 0 Å². The Morgan fingerprint density at radius 1 is 1.08 bits per heavy atom. The molecule has 8 nitrogen and oxygen atoms in total. The van der Waals surface area contributed by atoms with E-state index in [0.29, 0.717) is 29.5 Å². The first-order chi connectivity index (χ1) is 18.9. The predicted octanol–water partition coefficient (Wildman–Crippen LogP) is 5.05. The first-order valence-electron chi connectivity index (χ1n) is 12.7. The third-order valence-electron chi connectivity index (χ3n) is 6.70. The van der Waals surface area contributed by atoms with Gasteiger partial charge in [-0.3, -0.25) is 14.6 Å². The summed E-state index contributed by atoms with van der Waals surface area (Å²) in [6.45, 7) is 2.55. The van der Waals surface area contributed by atoms with Crippen molar-refractivity contribution in [2.24, 2.45) is 5.92 Å². The Balaban J connectivity index is 1.40. The second-order valence-electron chi connectivity index (χ2n) is 9.63. The van der Waals surface area contributed by atoms with Crippen LogP contribution in [0.1, 0.15) is 33.7 Å². The van der Waals surface area contributed by atoms with Gasteiger partial charge < -0.3 is 15.5 Å². The Hall–Kier alpha value is -4.08.